The lowest BCUT2D eigenvalue weighted by atomic mass is 10.1. The fourth-order valence-corrected chi connectivity index (χ4v) is 3.18. The number of rotatable bonds is 5. The topological polar surface area (TPSA) is 24.9 Å². The first-order valence-electron chi connectivity index (χ1n) is 6.11. The molecule has 4 heteroatoms. The highest BCUT2D eigenvalue weighted by Gasteiger charge is 2.17. The average molecular weight is 281 g/mol. The van der Waals surface area contributed by atoms with E-state index in [4.69, 9.17) is 11.6 Å². The van der Waals surface area contributed by atoms with Gasteiger partial charge >= 0.3 is 0 Å². The quantitative estimate of drug-likeness (QED) is 0.888. The lowest BCUT2D eigenvalue weighted by Gasteiger charge is -2.18. The van der Waals surface area contributed by atoms with Crippen molar-refractivity contribution in [1.82, 2.24) is 10.3 Å². The van der Waals surface area contributed by atoms with Gasteiger partial charge < -0.3 is 5.32 Å². The third-order valence-corrected chi connectivity index (χ3v) is 4.18. The maximum Gasteiger partial charge on any atom is 0.0687 e. The van der Waals surface area contributed by atoms with Gasteiger partial charge in [0.1, 0.15) is 0 Å². The largest absolute Gasteiger partial charge is 0.306 e. The minimum Gasteiger partial charge on any atom is -0.306 e. The molecule has 0 aliphatic heterocycles. The van der Waals surface area contributed by atoms with Gasteiger partial charge in [-0.25, -0.2) is 0 Å². The van der Waals surface area contributed by atoms with E-state index < -0.39 is 0 Å². The van der Waals surface area contributed by atoms with Crippen LogP contribution in [0.2, 0.25) is 5.02 Å². The Hall–Kier alpha value is -0.900. The zero-order valence-electron chi connectivity index (χ0n) is 10.6. The van der Waals surface area contributed by atoms with Crippen LogP contribution >= 0.6 is 22.9 Å². The van der Waals surface area contributed by atoms with Crippen LogP contribution in [0, 0.1) is 6.92 Å². The summed E-state index contributed by atoms with van der Waals surface area (Å²) in [7, 11) is 0. The van der Waals surface area contributed by atoms with Gasteiger partial charge in [0, 0.05) is 16.8 Å². The van der Waals surface area contributed by atoms with Gasteiger partial charge in [-0.05, 0) is 49.0 Å². The standard InChI is InChI=1S/C14H17ClN2S/c1-3-6-17-13(14-12(15)5-8-18-14)11-4-7-16-10(2)9-11/h4-5,7-9,13,17H,3,6H2,1-2H3. The van der Waals surface area contributed by atoms with Crippen LogP contribution in [-0.2, 0) is 0 Å². The molecule has 1 N–H and O–H groups in total. The molecule has 0 bridgehead atoms. The molecule has 0 radical (unpaired) electrons. The van der Waals surface area contributed by atoms with Crippen molar-refractivity contribution in [2.75, 3.05) is 6.54 Å². The monoisotopic (exact) mass is 280 g/mol. The lowest BCUT2D eigenvalue weighted by Crippen LogP contribution is -2.22. The zero-order valence-corrected chi connectivity index (χ0v) is 12.2. The Balaban J connectivity index is 2.33. The Labute approximate surface area is 117 Å². The van der Waals surface area contributed by atoms with E-state index in [0.717, 1.165) is 23.7 Å². The molecule has 2 nitrogen and oxygen atoms in total. The number of halogens is 1. The van der Waals surface area contributed by atoms with Gasteiger partial charge in [-0.15, -0.1) is 11.3 Å². The van der Waals surface area contributed by atoms with Crippen LogP contribution in [0.5, 0.6) is 0 Å². The van der Waals surface area contributed by atoms with Gasteiger partial charge in [0.05, 0.1) is 11.1 Å². The molecule has 2 rings (SSSR count). The summed E-state index contributed by atoms with van der Waals surface area (Å²) < 4.78 is 0. The SMILES string of the molecule is CCCNC(c1ccnc(C)c1)c1sccc1Cl. The lowest BCUT2D eigenvalue weighted by molar-refractivity contribution is 0.605. The molecule has 0 amide bonds. The molecule has 1 atom stereocenters. The molecule has 2 aromatic heterocycles. The van der Waals surface area contributed by atoms with Crippen molar-refractivity contribution < 1.29 is 0 Å². The first kappa shape index (κ1) is 13.5. The maximum absolute atomic E-state index is 6.26. The van der Waals surface area contributed by atoms with Crippen molar-refractivity contribution in [2.45, 2.75) is 26.3 Å². The molecule has 2 heterocycles. The van der Waals surface area contributed by atoms with Gasteiger partial charge in [-0.2, -0.15) is 0 Å². The Bertz CT molecular complexity index is 510. The first-order chi connectivity index (χ1) is 8.72. The molecule has 0 saturated carbocycles. The third-order valence-electron chi connectivity index (χ3n) is 2.76. The smallest absolute Gasteiger partial charge is 0.0687 e. The third kappa shape index (κ3) is 3.10. The van der Waals surface area contributed by atoms with E-state index in [-0.39, 0.29) is 6.04 Å². The molecule has 0 fully saturated rings. The van der Waals surface area contributed by atoms with E-state index in [0.29, 0.717) is 0 Å². The molecule has 18 heavy (non-hydrogen) atoms. The molecule has 96 valence electrons. The van der Waals surface area contributed by atoms with Gasteiger partial charge in [-0.1, -0.05) is 18.5 Å². The van der Waals surface area contributed by atoms with Gasteiger partial charge in [0.2, 0.25) is 0 Å². The fraction of sp³-hybridized carbons (Fsp3) is 0.357. The van der Waals surface area contributed by atoms with Crippen LogP contribution in [0.1, 0.15) is 35.5 Å². The van der Waals surface area contributed by atoms with Crippen LogP contribution in [0.4, 0.5) is 0 Å². The number of hydrogen-bond acceptors (Lipinski definition) is 3. The van der Waals surface area contributed by atoms with Crippen molar-refractivity contribution in [1.29, 1.82) is 0 Å². The van der Waals surface area contributed by atoms with E-state index in [1.54, 1.807) is 11.3 Å². The van der Waals surface area contributed by atoms with Crippen molar-refractivity contribution in [3.63, 3.8) is 0 Å². The predicted molar refractivity (Wildman–Crippen MR) is 78.4 cm³/mol. The van der Waals surface area contributed by atoms with Crippen LogP contribution in [0.15, 0.2) is 29.8 Å². The maximum atomic E-state index is 6.26. The Kier molecular flexibility index (Phi) is 4.75. The molecule has 0 aliphatic carbocycles. The Morgan fingerprint density at radius 2 is 2.28 bits per heavy atom. The van der Waals surface area contributed by atoms with Crippen LogP contribution in [-0.4, -0.2) is 11.5 Å². The number of hydrogen-bond donors (Lipinski definition) is 1. The van der Waals surface area contributed by atoms with Crippen molar-refractivity contribution in [3.8, 4) is 0 Å². The van der Waals surface area contributed by atoms with Gasteiger partial charge in [0.15, 0.2) is 0 Å². The second-order valence-electron chi connectivity index (χ2n) is 4.25. The Morgan fingerprint density at radius 1 is 1.44 bits per heavy atom. The minimum atomic E-state index is 0.166. The summed E-state index contributed by atoms with van der Waals surface area (Å²) in [4.78, 5) is 5.43. The van der Waals surface area contributed by atoms with E-state index in [9.17, 15) is 0 Å². The second kappa shape index (κ2) is 6.32. The number of aryl methyl sites for hydroxylation is 1. The molecular formula is C14H17ClN2S. The van der Waals surface area contributed by atoms with Gasteiger partial charge in [0.25, 0.3) is 0 Å². The summed E-state index contributed by atoms with van der Waals surface area (Å²) in [6.07, 6.45) is 2.95. The summed E-state index contributed by atoms with van der Waals surface area (Å²) in [5, 5.41) is 6.42. The molecule has 0 spiro atoms. The minimum absolute atomic E-state index is 0.166. The summed E-state index contributed by atoms with van der Waals surface area (Å²) in [6.45, 7) is 5.15. The van der Waals surface area contributed by atoms with Crippen LogP contribution < -0.4 is 5.32 Å². The highest BCUT2D eigenvalue weighted by Crippen LogP contribution is 2.32. The average Bonchev–Trinajstić information content (AvgIpc) is 2.77. The number of nitrogens with one attached hydrogen (secondary N) is 1. The number of aromatic nitrogens is 1. The van der Waals surface area contributed by atoms with E-state index in [2.05, 4.69) is 29.4 Å². The molecule has 0 aromatic carbocycles. The molecule has 1 unspecified atom stereocenters. The van der Waals surface area contributed by atoms with Crippen molar-refractivity contribution >= 4 is 22.9 Å². The van der Waals surface area contributed by atoms with Crippen LogP contribution in [0.3, 0.4) is 0 Å². The summed E-state index contributed by atoms with van der Waals surface area (Å²) in [5.74, 6) is 0. The normalized spacial score (nSPS) is 12.6. The number of thiophene rings is 1. The molecule has 0 aliphatic rings. The second-order valence-corrected chi connectivity index (χ2v) is 5.61. The van der Waals surface area contributed by atoms with E-state index in [1.807, 2.05) is 24.6 Å². The van der Waals surface area contributed by atoms with Gasteiger partial charge in [-0.3, -0.25) is 4.98 Å². The van der Waals surface area contributed by atoms with E-state index >= 15 is 0 Å². The zero-order chi connectivity index (χ0) is 13.0. The molecular weight excluding hydrogens is 264 g/mol. The number of pyridine rings is 1. The van der Waals surface area contributed by atoms with E-state index in [1.165, 1.54) is 10.4 Å². The van der Waals surface area contributed by atoms with Crippen LogP contribution in [0.25, 0.3) is 0 Å². The Morgan fingerprint density at radius 3 is 2.89 bits per heavy atom. The molecule has 2 aromatic rings. The highest BCUT2D eigenvalue weighted by atomic mass is 35.5. The highest BCUT2D eigenvalue weighted by molar-refractivity contribution is 7.10. The molecule has 0 saturated heterocycles. The summed E-state index contributed by atoms with van der Waals surface area (Å²) in [6, 6.07) is 6.29. The first-order valence-corrected chi connectivity index (χ1v) is 7.37. The van der Waals surface area contributed by atoms with Crippen molar-refractivity contribution in [2.24, 2.45) is 0 Å². The number of nitrogens with zero attached hydrogens (tertiary/aromatic N) is 1. The summed E-state index contributed by atoms with van der Waals surface area (Å²) >= 11 is 7.95. The summed E-state index contributed by atoms with van der Waals surface area (Å²) in [5.41, 5.74) is 2.25. The predicted octanol–water partition coefficient (Wildman–Crippen LogP) is 4.19. The van der Waals surface area contributed by atoms with Crippen molar-refractivity contribution in [3.05, 3.63) is 50.9 Å². The fourth-order valence-electron chi connectivity index (χ4n) is 1.91.